The molecule has 0 atom stereocenters. The van der Waals surface area contributed by atoms with E-state index in [1.54, 1.807) is 18.2 Å². The monoisotopic (exact) mass is 400 g/mol. The lowest BCUT2D eigenvalue weighted by atomic mass is 10.0. The highest BCUT2D eigenvalue weighted by Crippen LogP contribution is 2.25. The van der Waals surface area contributed by atoms with Gasteiger partial charge in [0.15, 0.2) is 23.5 Å². The van der Waals surface area contributed by atoms with Gasteiger partial charge in [0.2, 0.25) is 11.6 Å². The number of imide groups is 2. The Labute approximate surface area is 163 Å². The van der Waals surface area contributed by atoms with Crippen LogP contribution in [0.1, 0.15) is 5.56 Å². The van der Waals surface area contributed by atoms with Crippen molar-refractivity contribution in [2.75, 3.05) is 14.1 Å². The number of aromatic nitrogens is 3. The maximum absolute atomic E-state index is 12.9. The molecule has 11 nitrogen and oxygen atoms in total. The van der Waals surface area contributed by atoms with E-state index in [4.69, 9.17) is 0 Å². The van der Waals surface area contributed by atoms with E-state index in [0.29, 0.717) is 0 Å². The Morgan fingerprint density at radius 3 is 1.86 bits per heavy atom. The fourth-order valence-electron chi connectivity index (χ4n) is 3.00. The normalized spacial score (nSPS) is 14.6. The van der Waals surface area contributed by atoms with Gasteiger partial charge in [-0.15, -0.1) is 0 Å². The molecule has 0 aromatic carbocycles. The second kappa shape index (κ2) is 6.86. The van der Waals surface area contributed by atoms with Crippen LogP contribution in [-0.4, -0.2) is 56.0 Å². The number of urea groups is 1. The number of hydrogen-bond acceptors (Lipinski definition) is 6. The molecule has 2 aromatic heterocycles. The van der Waals surface area contributed by atoms with Crippen molar-refractivity contribution in [2.45, 2.75) is 0 Å². The van der Waals surface area contributed by atoms with Gasteiger partial charge in [-0.05, 0) is 0 Å². The van der Waals surface area contributed by atoms with Crippen molar-refractivity contribution < 1.29 is 24.1 Å². The van der Waals surface area contributed by atoms with Gasteiger partial charge >= 0.3 is 11.7 Å². The second-order valence-corrected chi connectivity index (χ2v) is 6.42. The minimum atomic E-state index is -0.945. The first kappa shape index (κ1) is 19.7. The number of amides is 4. The van der Waals surface area contributed by atoms with Crippen molar-refractivity contribution >= 4 is 23.5 Å². The minimum absolute atomic E-state index is 0.250. The van der Waals surface area contributed by atoms with Gasteiger partial charge in [0.25, 0.3) is 17.4 Å². The predicted octanol–water partition coefficient (Wildman–Crippen LogP) is -1.61. The lowest BCUT2D eigenvalue weighted by Gasteiger charge is -2.28. The Kier molecular flexibility index (Phi) is 4.66. The van der Waals surface area contributed by atoms with E-state index < -0.39 is 46.1 Å². The van der Waals surface area contributed by atoms with Gasteiger partial charge in [0.1, 0.15) is 0 Å². The molecule has 0 radical (unpaired) electrons. The van der Waals surface area contributed by atoms with Crippen LogP contribution in [0.4, 0.5) is 4.79 Å². The quantitative estimate of drug-likeness (QED) is 0.367. The summed E-state index contributed by atoms with van der Waals surface area (Å²) < 4.78 is 2.86. The molecule has 11 heteroatoms. The Morgan fingerprint density at radius 1 is 0.828 bits per heavy atom. The van der Waals surface area contributed by atoms with Crippen LogP contribution in [0.15, 0.2) is 45.8 Å². The Morgan fingerprint density at radius 2 is 1.34 bits per heavy atom. The smallest absolute Gasteiger partial charge is 0.333 e. The Balaban J connectivity index is 2.54. The number of aromatic hydroxyl groups is 1. The first-order chi connectivity index (χ1) is 13.6. The fourth-order valence-corrected chi connectivity index (χ4v) is 3.00. The summed E-state index contributed by atoms with van der Waals surface area (Å²) in [5.41, 5.74) is -2.88. The summed E-state index contributed by atoms with van der Waals surface area (Å²) >= 11 is 0. The lowest BCUT2D eigenvalue weighted by molar-refractivity contribution is -0.579. The van der Waals surface area contributed by atoms with Crippen LogP contribution in [0.25, 0.3) is 5.70 Å². The fraction of sp³-hybridized carbons (Fsp3) is 0.222. The minimum Gasteiger partial charge on any atom is -0.494 e. The summed E-state index contributed by atoms with van der Waals surface area (Å²) in [5.74, 6) is -2.61. The maximum Gasteiger partial charge on any atom is 0.333 e. The van der Waals surface area contributed by atoms with Crippen LogP contribution < -0.4 is 15.8 Å². The van der Waals surface area contributed by atoms with Crippen LogP contribution in [0.5, 0.6) is 5.88 Å². The average Bonchev–Trinajstić information content (AvgIpc) is 2.73. The van der Waals surface area contributed by atoms with Gasteiger partial charge in [-0.2, -0.15) is 4.57 Å². The zero-order valence-electron chi connectivity index (χ0n) is 16.1. The third-order valence-electron chi connectivity index (χ3n) is 4.69. The molecule has 1 saturated heterocycles. The van der Waals surface area contributed by atoms with Crippen molar-refractivity contribution in [2.24, 2.45) is 14.1 Å². The van der Waals surface area contributed by atoms with Crippen LogP contribution in [-0.2, 0) is 23.7 Å². The van der Waals surface area contributed by atoms with Crippen LogP contribution in [0, 0.1) is 0 Å². The number of barbiturate groups is 1. The first-order valence-corrected chi connectivity index (χ1v) is 8.40. The summed E-state index contributed by atoms with van der Waals surface area (Å²) in [6, 6.07) is 4.00. The molecule has 1 aliphatic rings. The molecule has 3 heterocycles. The number of nitrogens with zero attached hydrogens (tertiary/aromatic N) is 5. The standard InChI is InChI=1S/C18H17N5O6/c1-19-13(24)10(14(25)20(2)17(19)28)12(23-8-6-5-7-9-23)11-15(26)21(3)18(29)22(4)16(11)27/h5-9H,1-4H3/p+1. The van der Waals surface area contributed by atoms with E-state index in [1.165, 1.54) is 45.2 Å². The van der Waals surface area contributed by atoms with Gasteiger partial charge < -0.3 is 5.11 Å². The molecule has 0 aliphatic carbocycles. The molecule has 3 rings (SSSR count). The topological polar surface area (TPSA) is 126 Å². The van der Waals surface area contributed by atoms with Gasteiger partial charge in [-0.25, -0.2) is 9.59 Å². The van der Waals surface area contributed by atoms with E-state index in [2.05, 4.69) is 0 Å². The summed E-state index contributed by atoms with van der Waals surface area (Å²) in [7, 11) is 4.84. The Bertz CT molecular complexity index is 1180. The van der Waals surface area contributed by atoms with Crippen molar-refractivity contribution in [3.05, 3.63) is 62.6 Å². The summed E-state index contributed by atoms with van der Waals surface area (Å²) in [5, 5.41) is 10.6. The van der Waals surface area contributed by atoms with Crippen LogP contribution >= 0.6 is 0 Å². The van der Waals surface area contributed by atoms with Crippen molar-refractivity contribution in [1.82, 2.24) is 18.9 Å². The molecule has 1 fully saturated rings. The Hall–Kier alpha value is -4.02. The van der Waals surface area contributed by atoms with E-state index in [9.17, 15) is 29.1 Å². The molecule has 150 valence electrons. The summed E-state index contributed by atoms with van der Waals surface area (Å²) in [6.07, 6.45) is 2.92. The second-order valence-electron chi connectivity index (χ2n) is 6.42. The lowest BCUT2D eigenvalue weighted by Crippen LogP contribution is -2.55. The molecule has 29 heavy (non-hydrogen) atoms. The van der Waals surface area contributed by atoms with Gasteiger partial charge in [-0.3, -0.25) is 33.3 Å². The van der Waals surface area contributed by atoms with E-state index in [1.807, 2.05) is 0 Å². The molecule has 1 aliphatic heterocycles. The van der Waals surface area contributed by atoms with Gasteiger partial charge in [0, 0.05) is 40.3 Å². The third-order valence-corrected chi connectivity index (χ3v) is 4.69. The molecule has 1 N–H and O–H groups in total. The molecule has 0 spiro atoms. The van der Waals surface area contributed by atoms with Gasteiger partial charge in [0.05, 0.1) is 0 Å². The molecule has 0 bridgehead atoms. The zero-order chi connectivity index (χ0) is 21.6. The summed E-state index contributed by atoms with van der Waals surface area (Å²) in [4.78, 5) is 64.3. The van der Waals surface area contributed by atoms with Crippen LogP contribution in [0.2, 0.25) is 0 Å². The number of carbonyl (C=O) groups is 3. The number of pyridine rings is 1. The third kappa shape index (κ3) is 2.83. The van der Waals surface area contributed by atoms with E-state index in [0.717, 1.165) is 18.9 Å². The number of rotatable bonds is 2. The van der Waals surface area contributed by atoms with Crippen LogP contribution in [0.3, 0.4) is 0 Å². The van der Waals surface area contributed by atoms with Crippen molar-refractivity contribution in [3.8, 4) is 5.88 Å². The maximum atomic E-state index is 12.9. The highest BCUT2D eigenvalue weighted by Gasteiger charge is 2.45. The highest BCUT2D eigenvalue weighted by molar-refractivity contribution is 6.31. The number of carbonyl (C=O) groups excluding carboxylic acids is 3. The molecule has 4 amide bonds. The van der Waals surface area contributed by atoms with E-state index >= 15 is 0 Å². The number of likely N-dealkylation sites (N-methyl/N-ethyl adjacent to an activating group) is 2. The first-order valence-electron chi connectivity index (χ1n) is 8.40. The number of hydrogen-bond donors (Lipinski definition) is 1. The molecule has 0 saturated carbocycles. The van der Waals surface area contributed by atoms with E-state index in [-0.39, 0.29) is 5.70 Å². The largest absolute Gasteiger partial charge is 0.494 e. The zero-order valence-corrected chi connectivity index (χ0v) is 16.1. The highest BCUT2D eigenvalue weighted by atomic mass is 16.3. The molecule has 0 unspecified atom stereocenters. The molecule has 2 aromatic rings. The SMILES string of the molecule is CN1C(=O)C(=C(c2c(O)n(C)c(=O)n(C)c2=O)[n+]2ccccc2)C(=O)N(C)C1=O. The molecular formula is C18H18N5O6+. The summed E-state index contributed by atoms with van der Waals surface area (Å²) in [6.45, 7) is 0. The average molecular weight is 400 g/mol. The van der Waals surface area contributed by atoms with Crippen molar-refractivity contribution in [1.29, 1.82) is 0 Å². The van der Waals surface area contributed by atoms with Gasteiger partial charge in [-0.1, -0.05) is 6.07 Å². The predicted molar refractivity (Wildman–Crippen MR) is 98.5 cm³/mol. The molecular weight excluding hydrogens is 382 g/mol. The van der Waals surface area contributed by atoms with Crippen molar-refractivity contribution in [3.63, 3.8) is 0 Å².